The summed E-state index contributed by atoms with van der Waals surface area (Å²) in [5.74, 6) is 1.75. The van der Waals surface area contributed by atoms with Crippen LogP contribution in [0.1, 0.15) is 35.4 Å². The number of rotatable bonds is 2. The maximum atomic E-state index is 14.2. The van der Waals surface area contributed by atoms with Gasteiger partial charge in [0, 0.05) is 23.1 Å². The van der Waals surface area contributed by atoms with Gasteiger partial charge in [-0.3, -0.25) is 0 Å². The molecule has 6 rings (SSSR count). The van der Waals surface area contributed by atoms with E-state index in [1.807, 2.05) is 47.5 Å². The smallest absolute Gasteiger partial charge is 0.231 e. The largest absolute Gasteiger partial charge is 0.464 e. The molecule has 150 valence electrons. The number of para-hydroxylation sites is 1. The zero-order chi connectivity index (χ0) is 20.2. The number of ether oxygens (including phenoxy) is 3. The topological polar surface area (TPSA) is 43.3 Å². The molecule has 0 bridgehead atoms. The van der Waals surface area contributed by atoms with E-state index in [1.54, 1.807) is 12.1 Å². The molecule has 3 aliphatic rings. The van der Waals surface area contributed by atoms with Crippen LogP contribution >= 0.6 is 11.6 Å². The first-order valence-corrected chi connectivity index (χ1v) is 10.0. The van der Waals surface area contributed by atoms with Crippen molar-refractivity contribution < 1.29 is 18.6 Å². The zero-order valence-electron chi connectivity index (χ0n) is 15.7. The average Bonchev–Trinajstić information content (AvgIpc) is 3.42. The molecule has 0 spiro atoms. The summed E-state index contributed by atoms with van der Waals surface area (Å²) in [4.78, 5) is 0. The molecule has 0 aliphatic carbocycles. The van der Waals surface area contributed by atoms with Crippen LogP contribution < -0.4 is 14.2 Å². The van der Waals surface area contributed by atoms with Gasteiger partial charge in [0.05, 0.1) is 16.8 Å². The Bertz CT molecular complexity index is 1200. The van der Waals surface area contributed by atoms with E-state index in [9.17, 15) is 4.39 Å². The van der Waals surface area contributed by atoms with Gasteiger partial charge in [0.2, 0.25) is 13.0 Å². The van der Waals surface area contributed by atoms with Crippen LogP contribution in [0.2, 0.25) is 5.02 Å². The predicted molar refractivity (Wildman–Crippen MR) is 110 cm³/mol. The highest BCUT2D eigenvalue weighted by molar-refractivity contribution is 6.30. The first kappa shape index (κ1) is 17.6. The van der Waals surface area contributed by atoms with Gasteiger partial charge in [-0.1, -0.05) is 35.9 Å². The molecule has 0 N–H and O–H groups in total. The number of fused-ring (bicyclic) bond motifs is 4. The molecule has 2 atom stereocenters. The van der Waals surface area contributed by atoms with Crippen molar-refractivity contribution in [3.05, 3.63) is 88.2 Å². The van der Waals surface area contributed by atoms with Crippen LogP contribution in [0.4, 0.5) is 4.39 Å². The third kappa shape index (κ3) is 2.71. The Morgan fingerprint density at radius 1 is 0.967 bits per heavy atom. The van der Waals surface area contributed by atoms with Crippen molar-refractivity contribution in [2.24, 2.45) is 5.10 Å². The molecular formula is C23H16ClFN2O3. The lowest BCUT2D eigenvalue weighted by Gasteiger charge is -2.38. The summed E-state index contributed by atoms with van der Waals surface area (Å²) in [7, 11) is 0. The molecule has 7 heteroatoms. The van der Waals surface area contributed by atoms with E-state index < -0.39 is 12.0 Å². The third-order valence-corrected chi connectivity index (χ3v) is 5.94. The van der Waals surface area contributed by atoms with Gasteiger partial charge < -0.3 is 14.2 Å². The minimum Gasteiger partial charge on any atom is -0.464 e. The van der Waals surface area contributed by atoms with Crippen molar-refractivity contribution in [3.8, 4) is 17.2 Å². The van der Waals surface area contributed by atoms with Gasteiger partial charge in [-0.2, -0.15) is 5.10 Å². The predicted octanol–water partition coefficient (Wildman–Crippen LogP) is 5.45. The quantitative estimate of drug-likeness (QED) is 0.550. The summed E-state index contributed by atoms with van der Waals surface area (Å²) in [6, 6.07) is 18.4. The van der Waals surface area contributed by atoms with E-state index in [0.29, 0.717) is 17.7 Å². The van der Waals surface area contributed by atoms with Crippen molar-refractivity contribution in [2.75, 3.05) is 6.79 Å². The van der Waals surface area contributed by atoms with Crippen LogP contribution in [0.15, 0.2) is 65.8 Å². The van der Waals surface area contributed by atoms with Crippen LogP contribution in [0.5, 0.6) is 17.2 Å². The highest BCUT2D eigenvalue weighted by atomic mass is 35.5. The minimum absolute atomic E-state index is 0.0147. The summed E-state index contributed by atoms with van der Waals surface area (Å²) < 4.78 is 31.4. The van der Waals surface area contributed by atoms with E-state index in [1.165, 1.54) is 6.07 Å². The second-order valence-electron chi connectivity index (χ2n) is 7.40. The first-order valence-electron chi connectivity index (χ1n) is 9.64. The van der Waals surface area contributed by atoms with Crippen LogP contribution in [0, 0.1) is 5.82 Å². The molecule has 3 aromatic carbocycles. The van der Waals surface area contributed by atoms with Crippen molar-refractivity contribution in [3.63, 3.8) is 0 Å². The molecular weight excluding hydrogens is 407 g/mol. The molecule has 0 saturated carbocycles. The van der Waals surface area contributed by atoms with Crippen LogP contribution in [0.25, 0.3) is 0 Å². The lowest BCUT2D eigenvalue weighted by Crippen LogP contribution is -2.33. The Hall–Kier alpha value is -3.25. The molecule has 0 unspecified atom stereocenters. The fraction of sp³-hybridized carbons (Fsp3) is 0.174. The Morgan fingerprint density at radius 2 is 1.83 bits per heavy atom. The molecule has 0 amide bonds. The molecule has 0 radical (unpaired) electrons. The van der Waals surface area contributed by atoms with E-state index in [2.05, 4.69) is 0 Å². The lowest BCUT2D eigenvalue weighted by molar-refractivity contribution is -0.0192. The van der Waals surface area contributed by atoms with Gasteiger partial charge in [-0.15, -0.1) is 0 Å². The summed E-state index contributed by atoms with van der Waals surface area (Å²) in [6.45, 7) is 0.228. The van der Waals surface area contributed by atoms with Crippen molar-refractivity contribution >= 4 is 17.3 Å². The maximum absolute atomic E-state index is 14.2. The van der Waals surface area contributed by atoms with Gasteiger partial charge in [0.15, 0.2) is 11.5 Å². The Kier molecular flexibility index (Phi) is 3.89. The summed E-state index contributed by atoms with van der Waals surface area (Å²) in [6.07, 6.45) is 0.148. The number of benzene rings is 3. The monoisotopic (exact) mass is 422 g/mol. The number of nitrogens with zero attached hydrogens (tertiary/aromatic N) is 2. The highest BCUT2D eigenvalue weighted by Crippen LogP contribution is 2.48. The molecule has 5 nitrogen and oxygen atoms in total. The van der Waals surface area contributed by atoms with Gasteiger partial charge in [-0.25, -0.2) is 9.40 Å². The van der Waals surface area contributed by atoms with Crippen LogP contribution in [-0.2, 0) is 0 Å². The molecule has 30 heavy (non-hydrogen) atoms. The highest BCUT2D eigenvalue weighted by Gasteiger charge is 2.41. The van der Waals surface area contributed by atoms with Crippen molar-refractivity contribution in [1.29, 1.82) is 0 Å². The van der Waals surface area contributed by atoms with E-state index >= 15 is 0 Å². The molecule has 3 heterocycles. The molecule has 3 aromatic rings. The van der Waals surface area contributed by atoms with E-state index in [0.717, 1.165) is 28.3 Å². The van der Waals surface area contributed by atoms with Crippen molar-refractivity contribution in [1.82, 2.24) is 5.01 Å². The fourth-order valence-corrected chi connectivity index (χ4v) is 4.29. The van der Waals surface area contributed by atoms with Gasteiger partial charge >= 0.3 is 0 Å². The Labute approximate surface area is 177 Å². The number of halogens is 2. The second kappa shape index (κ2) is 6.64. The van der Waals surface area contributed by atoms with Gasteiger partial charge in [-0.05, 0) is 36.4 Å². The Morgan fingerprint density at radius 3 is 2.73 bits per heavy atom. The van der Waals surface area contributed by atoms with Crippen molar-refractivity contribution in [2.45, 2.75) is 18.7 Å². The van der Waals surface area contributed by atoms with E-state index in [-0.39, 0.29) is 17.9 Å². The lowest BCUT2D eigenvalue weighted by atomic mass is 9.96. The minimum atomic E-state index is -0.553. The molecule has 3 aliphatic heterocycles. The maximum Gasteiger partial charge on any atom is 0.231 e. The summed E-state index contributed by atoms with van der Waals surface area (Å²) >= 11 is 5.88. The Balaban J connectivity index is 1.43. The number of hydrogen-bond acceptors (Lipinski definition) is 5. The SMILES string of the molecule is Fc1cc([C@@H]2Oc3ccccc3[C@@H]3CC(c4ccc5c(c4)OCO5)=NN32)ccc1Cl. The normalized spacial score (nSPS) is 21.0. The number of hydrogen-bond donors (Lipinski definition) is 0. The van der Waals surface area contributed by atoms with Crippen LogP contribution in [-0.4, -0.2) is 17.5 Å². The first-order chi connectivity index (χ1) is 14.7. The third-order valence-electron chi connectivity index (χ3n) is 5.63. The zero-order valence-corrected chi connectivity index (χ0v) is 16.5. The fourth-order valence-electron chi connectivity index (χ4n) is 4.17. The summed E-state index contributed by atoms with van der Waals surface area (Å²) in [5.41, 5.74) is 3.60. The second-order valence-corrected chi connectivity index (χ2v) is 7.80. The average molecular weight is 423 g/mol. The van der Waals surface area contributed by atoms with E-state index in [4.69, 9.17) is 30.9 Å². The van der Waals surface area contributed by atoms with Gasteiger partial charge in [0.1, 0.15) is 11.6 Å². The van der Waals surface area contributed by atoms with Crippen LogP contribution in [0.3, 0.4) is 0 Å². The number of hydrazone groups is 1. The molecule has 0 aromatic heterocycles. The van der Waals surface area contributed by atoms with Gasteiger partial charge in [0.25, 0.3) is 0 Å². The molecule has 0 saturated heterocycles. The summed E-state index contributed by atoms with van der Waals surface area (Å²) in [5, 5.41) is 6.88. The molecule has 0 fully saturated rings. The standard InChI is InChI=1S/C23H16ClFN2O3/c24-16-7-5-14(9-17(16)25)23-27-19(15-3-1-2-4-20(15)30-23)11-18(26-27)13-6-8-21-22(10-13)29-12-28-21/h1-10,19,23H,11-12H2/t19-,23-/m0/s1.